The Kier molecular flexibility index (Phi) is 3.70. The van der Waals surface area contributed by atoms with Gasteiger partial charge in [-0.25, -0.2) is 0 Å². The molecule has 3 aromatic rings. The number of hydrogen-bond donors (Lipinski definition) is 2. The highest BCUT2D eigenvalue weighted by Gasteiger charge is 2.10. The third kappa shape index (κ3) is 2.88. The molecule has 5 heteroatoms. The lowest BCUT2D eigenvalue weighted by atomic mass is 10.1. The van der Waals surface area contributed by atoms with Crippen molar-refractivity contribution in [3.63, 3.8) is 0 Å². The van der Waals surface area contributed by atoms with E-state index in [-0.39, 0.29) is 5.91 Å². The first-order valence-corrected chi connectivity index (χ1v) is 6.98. The second kappa shape index (κ2) is 5.81. The van der Waals surface area contributed by atoms with Gasteiger partial charge in [0.2, 0.25) is 0 Å². The van der Waals surface area contributed by atoms with Crippen molar-refractivity contribution in [2.75, 3.05) is 5.32 Å². The smallest absolute Gasteiger partial charge is 0.256 e. The van der Waals surface area contributed by atoms with E-state index < -0.39 is 0 Å². The van der Waals surface area contributed by atoms with E-state index in [1.165, 1.54) is 0 Å². The van der Waals surface area contributed by atoms with Gasteiger partial charge < -0.3 is 5.32 Å². The van der Waals surface area contributed by atoms with Crippen LogP contribution >= 0.6 is 0 Å². The van der Waals surface area contributed by atoms with Gasteiger partial charge in [-0.1, -0.05) is 6.07 Å². The Labute approximate surface area is 128 Å². The van der Waals surface area contributed by atoms with Gasteiger partial charge >= 0.3 is 0 Å². The molecule has 0 bridgehead atoms. The number of hydrogen-bond acceptors (Lipinski definition) is 3. The van der Waals surface area contributed by atoms with E-state index in [0.717, 1.165) is 22.4 Å². The van der Waals surface area contributed by atoms with Gasteiger partial charge in [-0.3, -0.25) is 14.9 Å². The third-order valence-corrected chi connectivity index (χ3v) is 3.58. The minimum atomic E-state index is -0.170. The fourth-order valence-corrected chi connectivity index (χ4v) is 2.14. The fraction of sp³-hybridized carbons (Fsp3) is 0.118. The Morgan fingerprint density at radius 1 is 1.05 bits per heavy atom. The molecule has 0 atom stereocenters. The number of H-pyrrole nitrogens is 1. The van der Waals surface area contributed by atoms with E-state index in [9.17, 15) is 4.79 Å². The van der Waals surface area contributed by atoms with Crippen LogP contribution in [0.1, 0.15) is 21.5 Å². The average molecular weight is 292 g/mol. The summed E-state index contributed by atoms with van der Waals surface area (Å²) in [6.07, 6.45) is 3.42. The molecule has 1 aromatic carbocycles. The van der Waals surface area contributed by atoms with Crippen LogP contribution in [0.4, 0.5) is 5.82 Å². The second-order valence-electron chi connectivity index (χ2n) is 5.16. The summed E-state index contributed by atoms with van der Waals surface area (Å²) in [5.74, 6) is 0.325. The summed E-state index contributed by atoms with van der Waals surface area (Å²) in [6, 6.07) is 11.2. The molecule has 0 unspecified atom stereocenters. The molecule has 0 saturated heterocycles. The molecule has 0 aliphatic carbocycles. The standard InChI is InChI=1S/C17H16N4O/c1-11-3-4-14(9-12(11)2)17(22)19-16-10-15(20-21-16)13-5-7-18-8-6-13/h3-10H,1-2H3,(H2,19,20,21,22). The summed E-state index contributed by atoms with van der Waals surface area (Å²) in [5, 5.41) is 9.83. The van der Waals surface area contributed by atoms with Crippen molar-refractivity contribution in [2.24, 2.45) is 0 Å². The minimum absolute atomic E-state index is 0.170. The van der Waals surface area contributed by atoms with Crippen molar-refractivity contribution in [3.8, 4) is 11.3 Å². The topological polar surface area (TPSA) is 70.7 Å². The molecule has 110 valence electrons. The van der Waals surface area contributed by atoms with Crippen LogP contribution in [0.2, 0.25) is 0 Å². The summed E-state index contributed by atoms with van der Waals surface area (Å²) >= 11 is 0. The molecular weight excluding hydrogens is 276 g/mol. The van der Waals surface area contributed by atoms with Crippen LogP contribution in [-0.2, 0) is 0 Å². The van der Waals surface area contributed by atoms with Crippen LogP contribution in [0, 0.1) is 13.8 Å². The van der Waals surface area contributed by atoms with Gasteiger partial charge in [-0.15, -0.1) is 0 Å². The Morgan fingerprint density at radius 3 is 2.55 bits per heavy atom. The van der Waals surface area contributed by atoms with Crippen molar-refractivity contribution in [3.05, 3.63) is 65.5 Å². The highest BCUT2D eigenvalue weighted by Crippen LogP contribution is 2.19. The molecule has 0 radical (unpaired) electrons. The summed E-state index contributed by atoms with van der Waals surface area (Å²) in [7, 11) is 0. The zero-order chi connectivity index (χ0) is 15.5. The lowest BCUT2D eigenvalue weighted by molar-refractivity contribution is 0.102. The maximum absolute atomic E-state index is 12.2. The number of aromatic amines is 1. The average Bonchev–Trinajstić information content (AvgIpc) is 2.99. The Bertz CT molecular complexity index is 809. The lowest BCUT2D eigenvalue weighted by Gasteiger charge is -2.04. The highest BCUT2D eigenvalue weighted by molar-refractivity contribution is 6.04. The Hall–Kier alpha value is -2.95. The normalized spacial score (nSPS) is 10.5. The predicted molar refractivity (Wildman–Crippen MR) is 85.7 cm³/mol. The molecule has 2 N–H and O–H groups in total. The number of nitrogens with one attached hydrogen (secondary N) is 2. The number of aryl methyl sites for hydroxylation is 2. The number of carbonyl (C=O) groups is 1. The summed E-state index contributed by atoms with van der Waals surface area (Å²) < 4.78 is 0. The van der Waals surface area contributed by atoms with Gasteiger partial charge in [0, 0.05) is 29.6 Å². The minimum Gasteiger partial charge on any atom is -0.305 e. The summed E-state index contributed by atoms with van der Waals surface area (Å²) in [6.45, 7) is 4.01. The van der Waals surface area contributed by atoms with E-state index in [2.05, 4.69) is 20.5 Å². The van der Waals surface area contributed by atoms with E-state index >= 15 is 0 Å². The van der Waals surface area contributed by atoms with E-state index in [1.807, 2.05) is 44.2 Å². The maximum atomic E-state index is 12.2. The van der Waals surface area contributed by atoms with Crippen molar-refractivity contribution in [1.82, 2.24) is 15.2 Å². The van der Waals surface area contributed by atoms with Gasteiger partial charge in [0.15, 0.2) is 5.82 Å². The van der Waals surface area contributed by atoms with Crippen LogP contribution in [0.15, 0.2) is 48.8 Å². The Balaban J connectivity index is 1.77. The predicted octanol–water partition coefficient (Wildman–Crippen LogP) is 3.34. The number of pyridine rings is 1. The lowest BCUT2D eigenvalue weighted by Crippen LogP contribution is -2.12. The molecular formula is C17H16N4O. The van der Waals surface area contributed by atoms with E-state index in [0.29, 0.717) is 11.4 Å². The molecule has 0 fully saturated rings. The third-order valence-electron chi connectivity index (χ3n) is 3.58. The quantitative estimate of drug-likeness (QED) is 0.777. The molecule has 3 rings (SSSR count). The van der Waals surface area contributed by atoms with Gasteiger partial charge in [0.05, 0.1) is 5.69 Å². The van der Waals surface area contributed by atoms with Crippen LogP contribution < -0.4 is 5.32 Å². The van der Waals surface area contributed by atoms with Gasteiger partial charge in [-0.05, 0) is 49.2 Å². The first-order chi connectivity index (χ1) is 10.6. The second-order valence-corrected chi connectivity index (χ2v) is 5.16. The SMILES string of the molecule is Cc1ccc(C(=O)Nc2cc(-c3ccncc3)[nH]n2)cc1C. The number of anilines is 1. The van der Waals surface area contributed by atoms with Crippen molar-refractivity contribution < 1.29 is 4.79 Å². The number of benzene rings is 1. The van der Waals surface area contributed by atoms with Crippen molar-refractivity contribution in [2.45, 2.75) is 13.8 Å². The van der Waals surface area contributed by atoms with E-state index in [4.69, 9.17) is 0 Å². The monoisotopic (exact) mass is 292 g/mol. The largest absolute Gasteiger partial charge is 0.305 e. The number of carbonyl (C=O) groups excluding carboxylic acids is 1. The molecule has 5 nitrogen and oxygen atoms in total. The first kappa shape index (κ1) is 14.0. The molecule has 0 aliphatic rings. The van der Waals surface area contributed by atoms with Crippen LogP contribution in [-0.4, -0.2) is 21.1 Å². The molecule has 0 saturated carbocycles. The molecule has 0 spiro atoms. The first-order valence-electron chi connectivity index (χ1n) is 6.98. The van der Waals surface area contributed by atoms with Gasteiger partial charge in [0.1, 0.15) is 0 Å². The fourth-order valence-electron chi connectivity index (χ4n) is 2.14. The molecule has 1 amide bonds. The van der Waals surface area contributed by atoms with E-state index in [1.54, 1.807) is 18.5 Å². The number of amides is 1. The Morgan fingerprint density at radius 2 is 1.82 bits per heavy atom. The maximum Gasteiger partial charge on any atom is 0.256 e. The van der Waals surface area contributed by atoms with Crippen LogP contribution in [0.3, 0.4) is 0 Å². The van der Waals surface area contributed by atoms with Gasteiger partial charge in [-0.2, -0.15) is 5.10 Å². The highest BCUT2D eigenvalue weighted by atomic mass is 16.1. The summed E-state index contributed by atoms with van der Waals surface area (Å²) in [5.41, 5.74) is 4.67. The summed E-state index contributed by atoms with van der Waals surface area (Å²) in [4.78, 5) is 16.2. The van der Waals surface area contributed by atoms with Crippen molar-refractivity contribution >= 4 is 11.7 Å². The van der Waals surface area contributed by atoms with Crippen LogP contribution in [0.25, 0.3) is 11.3 Å². The number of aromatic nitrogens is 3. The van der Waals surface area contributed by atoms with Crippen LogP contribution in [0.5, 0.6) is 0 Å². The van der Waals surface area contributed by atoms with Gasteiger partial charge in [0.25, 0.3) is 5.91 Å². The number of nitrogens with zero attached hydrogens (tertiary/aromatic N) is 2. The zero-order valence-electron chi connectivity index (χ0n) is 12.4. The molecule has 22 heavy (non-hydrogen) atoms. The number of rotatable bonds is 3. The molecule has 0 aliphatic heterocycles. The molecule has 2 heterocycles. The van der Waals surface area contributed by atoms with Crippen molar-refractivity contribution in [1.29, 1.82) is 0 Å². The molecule has 2 aromatic heterocycles. The zero-order valence-corrected chi connectivity index (χ0v) is 12.4.